The molecule has 0 aliphatic heterocycles. The number of hydrogen-bond donors (Lipinski definition) is 2. The summed E-state index contributed by atoms with van der Waals surface area (Å²) in [5.41, 5.74) is 1.13. The predicted molar refractivity (Wildman–Crippen MR) is 106 cm³/mol. The molecule has 0 spiro atoms. The number of pyridine rings is 1. The summed E-state index contributed by atoms with van der Waals surface area (Å²) in [5.74, 6) is -0.494. The summed E-state index contributed by atoms with van der Waals surface area (Å²) >= 11 is 6.09. The summed E-state index contributed by atoms with van der Waals surface area (Å²) in [6.07, 6.45) is 6.22. The van der Waals surface area contributed by atoms with Crippen molar-refractivity contribution >= 4 is 35.3 Å². The molecule has 140 valence electrons. The van der Waals surface area contributed by atoms with Gasteiger partial charge in [0, 0.05) is 30.2 Å². The third-order valence-corrected chi connectivity index (χ3v) is 4.94. The second kappa shape index (κ2) is 8.31. The molecule has 27 heavy (non-hydrogen) atoms. The molecule has 1 saturated carbocycles. The van der Waals surface area contributed by atoms with Crippen LogP contribution in [0.4, 0.5) is 5.69 Å². The fourth-order valence-corrected chi connectivity index (χ4v) is 3.24. The van der Waals surface area contributed by atoms with Crippen molar-refractivity contribution in [1.29, 1.82) is 0 Å². The van der Waals surface area contributed by atoms with Crippen molar-refractivity contribution in [3.8, 4) is 0 Å². The zero-order valence-electron chi connectivity index (χ0n) is 15.0. The average molecular weight is 385 g/mol. The summed E-state index contributed by atoms with van der Waals surface area (Å²) in [6.45, 7) is 0. The molecule has 1 aromatic carbocycles. The van der Waals surface area contributed by atoms with Crippen LogP contribution in [-0.4, -0.2) is 35.6 Å². The highest BCUT2D eigenvalue weighted by molar-refractivity contribution is 6.31. The fourth-order valence-electron chi connectivity index (χ4n) is 3.03. The minimum Gasteiger partial charge on any atom is -0.340 e. The number of benzene rings is 1. The quantitative estimate of drug-likeness (QED) is 0.750. The molecule has 1 aromatic heterocycles. The van der Waals surface area contributed by atoms with E-state index in [1.54, 1.807) is 37.5 Å². The largest absolute Gasteiger partial charge is 0.340 e. The molecule has 2 aromatic rings. The Kier molecular flexibility index (Phi) is 5.86. The van der Waals surface area contributed by atoms with Gasteiger partial charge in [0.1, 0.15) is 5.69 Å². The van der Waals surface area contributed by atoms with E-state index in [1.807, 2.05) is 12.1 Å². The molecule has 7 heteroatoms. The Bertz CT molecular complexity index is 878. The lowest BCUT2D eigenvalue weighted by molar-refractivity contribution is -0.115. The monoisotopic (exact) mass is 384 g/mol. The SMILES string of the molecule is C/N=C\C1(NC(=O)c2cc(NC(=O)Cc3ccccc3Cl)ccn2)CCC1. The first-order valence-electron chi connectivity index (χ1n) is 8.76. The highest BCUT2D eigenvalue weighted by Gasteiger charge is 2.37. The van der Waals surface area contributed by atoms with Gasteiger partial charge in [-0.2, -0.15) is 0 Å². The number of carbonyl (C=O) groups excluding carboxylic acids is 2. The molecular weight excluding hydrogens is 364 g/mol. The third-order valence-electron chi connectivity index (χ3n) is 4.57. The van der Waals surface area contributed by atoms with Crippen LogP contribution in [0.3, 0.4) is 0 Å². The zero-order chi connectivity index (χ0) is 19.3. The number of carbonyl (C=O) groups is 2. The van der Waals surface area contributed by atoms with Gasteiger partial charge in [-0.3, -0.25) is 19.6 Å². The lowest BCUT2D eigenvalue weighted by atomic mass is 9.77. The first kappa shape index (κ1) is 19.0. The number of anilines is 1. The smallest absolute Gasteiger partial charge is 0.270 e. The number of nitrogens with zero attached hydrogens (tertiary/aromatic N) is 2. The lowest BCUT2D eigenvalue weighted by Gasteiger charge is -2.39. The molecule has 0 bridgehead atoms. The molecule has 0 saturated heterocycles. The van der Waals surface area contributed by atoms with Crippen molar-refractivity contribution in [3.63, 3.8) is 0 Å². The van der Waals surface area contributed by atoms with E-state index in [4.69, 9.17) is 11.6 Å². The van der Waals surface area contributed by atoms with Crippen LogP contribution in [0.1, 0.15) is 35.3 Å². The van der Waals surface area contributed by atoms with Crippen LogP contribution >= 0.6 is 11.6 Å². The Hall–Kier alpha value is -2.73. The summed E-state index contributed by atoms with van der Waals surface area (Å²) in [7, 11) is 1.69. The number of hydrogen-bond acceptors (Lipinski definition) is 4. The molecular formula is C20H21ClN4O2. The number of aliphatic imine (C=N–C) groups is 1. The summed E-state index contributed by atoms with van der Waals surface area (Å²) in [5, 5.41) is 6.33. The molecule has 1 fully saturated rings. The van der Waals surface area contributed by atoms with Gasteiger partial charge in [0.2, 0.25) is 5.91 Å². The van der Waals surface area contributed by atoms with E-state index in [9.17, 15) is 9.59 Å². The van der Waals surface area contributed by atoms with Gasteiger partial charge in [0.25, 0.3) is 5.91 Å². The standard InChI is InChI=1S/C20H21ClN4O2/c1-22-13-20(8-4-9-20)25-19(27)17-12-15(7-10-23-17)24-18(26)11-14-5-2-3-6-16(14)21/h2-3,5-7,10,12-13H,4,8-9,11H2,1H3,(H,25,27)(H,23,24,26)/b22-13-. The maximum atomic E-state index is 12.5. The molecule has 0 atom stereocenters. The molecule has 2 N–H and O–H groups in total. The van der Waals surface area contributed by atoms with Gasteiger partial charge in [-0.25, -0.2) is 0 Å². The second-order valence-corrected chi connectivity index (χ2v) is 7.00. The Morgan fingerprint density at radius 1 is 1.30 bits per heavy atom. The Morgan fingerprint density at radius 3 is 2.74 bits per heavy atom. The maximum Gasteiger partial charge on any atom is 0.270 e. The van der Waals surface area contributed by atoms with E-state index in [0.29, 0.717) is 10.7 Å². The average Bonchev–Trinajstić information content (AvgIpc) is 2.62. The minimum absolute atomic E-state index is 0.152. The fraction of sp³-hybridized carbons (Fsp3) is 0.300. The van der Waals surface area contributed by atoms with Crippen LogP contribution in [-0.2, 0) is 11.2 Å². The molecule has 2 amide bonds. The van der Waals surface area contributed by atoms with Gasteiger partial charge in [0.15, 0.2) is 0 Å². The molecule has 0 unspecified atom stereocenters. The molecule has 6 nitrogen and oxygen atoms in total. The van der Waals surface area contributed by atoms with E-state index in [2.05, 4.69) is 20.6 Å². The van der Waals surface area contributed by atoms with Crippen LogP contribution in [0.15, 0.2) is 47.6 Å². The van der Waals surface area contributed by atoms with Crippen LogP contribution < -0.4 is 10.6 Å². The van der Waals surface area contributed by atoms with E-state index in [1.165, 1.54) is 6.20 Å². The molecule has 1 heterocycles. The Labute approximate surface area is 163 Å². The van der Waals surface area contributed by atoms with Gasteiger partial charge in [0.05, 0.1) is 12.0 Å². The Morgan fingerprint density at radius 2 is 2.07 bits per heavy atom. The van der Waals surface area contributed by atoms with Crippen molar-refractivity contribution in [2.45, 2.75) is 31.2 Å². The first-order chi connectivity index (χ1) is 13.0. The summed E-state index contributed by atoms with van der Waals surface area (Å²) in [4.78, 5) is 33.0. The van der Waals surface area contributed by atoms with E-state index < -0.39 is 0 Å². The number of aromatic nitrogens is 1. The van der Waals surface area contributed by atoms with E-state index in [-0.39, 0.29) is 29.5 Å². The number of nitrogens with one attached hydrogen (secondary N) is 2. The molecule has 1 aliphatic rings. The lowest BCUT2D eigenvalue weighted by Crippen LogP contribution is -2.55. The van der Waals surface area contributed by atoms with Crippen molar-refractivity contribution in [2.24, 2.45) is 4.99 Å². The van der Waals surface area contributed by atoms with Crippen LogP contribution in [0.5, 0.6) is 0 Å². The Balaban J connectivity index is 1.65. The van der Waals surface area contributed by atoms with Crippen LogP contribution in [0, 0.1) is 0 Å². The molecule has 1 aliphatic carbocycles. The van der Waals surface area contributed by atoms with Crippen molar-refractivity contribution in [2.75, 3.05) is 12.4 Å². The molecule has 0 radical (unpaired) electrons. The zero-order valence-corrected chi connectivity index (χ0v) is 15.8. The highest BCUT2D eigenvalue weighted by Crippen LogP contribution is 2.30. The second-order valence-electron chi connectivity index (χ2n) is 6.60. The minimum atomic E-state index is -0.378. The normalized spacial score (nSPS) is 15.2. The maximum absolute atomic E-state index is 12.5. The van der Waals surface area contributed by atoms with Gasteiger partial charge in [-0.1, -0.05) is 29.8 Å². The van der Waals surface area contributed by atoms with Crippen molar-refractivity contribution in [3.05, 3.63) is 58.9 Å². The number of halogens is 1. The topological polar surface area (TPSA) is 83.5 Å². The van der Waals surface area contributed by atoms with Gasteiger partial charge < -0.3 is 10.6 Å². The van der Waals surface area contributed by atoms with Crippen molar-refractivity contribution in [1.82, 2.24) is 10.3 Å². The summed E-state index contributed by atoms with van der Waals surface area (Å²) in [6, 6.07) is 10.4. The van der Waals surface area contributed by atoms with Gasteiger partial charge >= 0.3 is 0 Å². The third kappa shape index (κ3) is 4.71. The number of amides is 2. The van der Waals surface area contributed by atoms with Crippen LogP contribution in [0.2, 0.25) is 5.02 Å². The predicted octanol–water partition coefficient (Wildman–Crippen LogP) is 3.27. The first-order valence-corrected chi connectivity index (χ1v) is 9.14. The number of rotatable bonds is 6. The van der Waals surface area contributed by atoms with Crippen molar-refractivity contribution < 1.29 is 9.59 Å². The van der Waals surface area contributed by atoms with E-state index in [0.717, 1.165) is 24.8 Å². The van der Waals surface area contributed by atoms with Crippen LogP contribution in [0.25, 0.3) is 0 Å². The van der Waals surface area contributed by atoms with E-state index >= 15 is 0 Å². The van der Waals surface area contributed by atoms with Gasteiger partial charge in [-0.15, -0.1) is 0 Å². The van der Waals surface area contributed by atoms with Gasteiger partial charge in [-0.05, 0) is 43.0 Å². The molecule has 3 rings (SSSR count). The highest BCUT2D eigenvalue weighted by atomic mass is 35.5. The summed E-state index contributed by atoms with van der Waals surface area (Å²) < 4.78 is 0.